The lowest BCUT2D eigenvalue weighted by atomic mass is 9.94. The summed E-state index contributed by atoms with van der Waals surface area (Å²) in [4.78, 5) is 23.1. The van der Waals surface area contributed by atoms with Gasteiger partial charge in [-0.15, -0.1) is 0 Å². The van der Waals surface area contributed by atoms with Gasteiger partial charge in [0.15, 0.2) is 0 Å². The number of halogens is 3. The number of carboxylic acid groups (broad SMARTS) is 1. The summed E-state index contributed by atoms with van der Waals surface area (Å²) in [5, 5.41) is 11.2. The van der Waals surface area contributed by atoms with E-state index in [1.165, 1.54) is 0 Å². The van der Waals surface area contributed by atoms with Crippen LogP contribution in [0.5, 0.6) is 0 Å². The third-order valence-corrected chi connectivity index (χ3v) is 2.90. The van der Waals surface area contributed by atoms with Gasteiger partial charge in [0, 0.05) is 13.1 Å². The van der Waals surface area contributed by atoms with E-state index in [-0.39, 0.29) is 13.0 Å². The average Bonchev–Trinajstić information content (AvgIpc) is 2.24. The van der Waals surface area contributed by atoms with Crippen LogP contribution in [0.4, 0.5) is 22.8 Å². The summed E-state index contributed by atoms with van der Waals surface area (Å²) >= 11 is 0. The number of carbonyl (C=O) groups is 2. The summed E-state index contributed by atoms with van der Waals surface area (Å²) in [6, 6.07) is -0.934. The molecule has 0 unspecified atom stereocenters. The van der Waals surface area contributed by atoms with Crippen molar-refractivity contribution in [3.63, 3.8) is 0 Å². The second kappa shape index (κ2) is 5.98. The predicted molar refractivity (Wildman–Crippen MR) is 66.9 cm³/mol. The van der Waals surface area contributed by atoms with Crippen LogP contribution in [0.15, 0.2) is 0 Å². The number of rotatable bonds is 1. The Hall–Kier alpha value is -1.67. The van der Waals surface area contributed by atoms with Crippen molar-refractivity contribution in [3.05, 3.63) is 0 Å². The molecule has 21 heavy (non-hydrogen) atoms. The molecule has 1 saturated heterocycles. The lowest BCUT2D eigenvalue weighted by Crippen LogP contribution is -2.55. The minimum absolute atomic E-state index is 0.193. The Morgan fingerprint density at radius 1 is 1.24 bits per heavy atom. The minimum atomic E-state index is -4.51. The first-order valence-corrected chi connectivity index (χ1v) is 6.42. The van der Waals surface area contributed by atoms with Crippen LogP contribution in [0.25, 0.3) is 0 Å². The molecule has 0 aromatic rings. The maximum atomic E-state index is 12.8. The molecule has 1 aliphatic rings. The highest BCUT2D eigenvalue weighted by molar-refractivity contribution is 5.69. The van der Waals surface area contributed by atoms with Crippen LogP contribution in [0, 0.1) is 5.92 Å². The molecule has 0 aromatic heterocycles. The van der Waals surface area contributed by atoms with Gasteiger partial charge in [-0.1, -0.05) is 0 Å². The Morgan fingerprint density at radius 3 is 2.24 bits per heavy atom. The van der Waals surface area contributed by atoms with Crippen molar-refractivity contribution in [2.24, 2.45) is 5.92 Å². The Morgan fingerprint density at radius 2 is 1.81 bits per heavy atom. The molecular formula is C12H19F3N2O4. The molecule has 9 heteroatoms. The monoisotopic (exact) mass is 312 g/mol. The SMILES string of the molecule is CC(C)(C)OC(=O)N[C@@H]1C[C@H](C(F)(F)F)CN(C(=O)O)C1. The molecule has 2 amide bonds. The third-order valence-electron chi connectivity index (χ3n) is 2.90. The number of alkyl carbamates (subject to hydrolysis) is 1. The number of hydrogen-bond acceptors (Lipinski definition) is 3. The number of hydrogen-bond donors (Lipinski definition) is 2. The zero-order chi connectivity index (χ0) is 16.4. The molecule has 0 aliphatic carbocycles. The second-order valence-electron chi connectivity index (χ2n) is 6.00. The molecule has 0 spiro atoms. The molecule has 1 rings (SSSR count). The number of nitrogens with one attached hydrogen (secondary N) is 1. The molecular weight excluding hydrogens is 293 g/mol. The van der Waals surface area contributed by atoms with Crippen LogP contribution < -0.4 is 5.32 Å². The number of likely N-dealkylation sites (tertiary alicyclic amines) is 1. The molecule has 1 aliphatic heterocycles. The highest BCUT2D eigenvalue weighted by Gasteiger charge is 2.46. The van der Waals surface area contributed by atoms with Gasteiger partial charge in [-0.3, -0.25) is 0 Å². The fraction of sp³-hybridized carbons (Fsp3) is 0.833. The van der Waals surface area contributed by atoms with Crippen LogP contribution in [0.2, 0.25) is 0 Å². The van der Waals surface area contributed by atoms with E-state index in [2.05, 4.69) is 5.32 Å². The fourth-order valence-electron chi connectivity index (χ4n) is 2.07. The summed E-state index contributed by atoms with van der Waals surface area (Å²) in [7, 11) is 0. The van der Waals surface area contributed by atoms with Gasteiger partial charge in [-0.25, -0.2) is 9.59 Å². The maximum absolute atomic E-state index is 12.8. The van der Waals surface area contributed by atoms with E-state index >= 15 is 0 Å². The van der Waals surface area contributed by atoms with E-state index in [1.807, 2.05) is 0 Å². The quantitative estimate of drug-likeness (QED) is 0.779. The van der Waals surface area contributed by atoms with Gasteiger partial charge < -0.3 is 20.1 Å². The number of carbonyl (C=O) groups excluding carboxylic acids is 1. The van der Waals surface area contributed by atoms with Crippen molar-refractivity contribution in [1.29, 1.82) is 0 Å². The molecule has 1 fully saturated rings. The minimum Gasteiger partial charge on any atom is -0.465 e. The summed E-state index contributed by atoms with van der Waals surface area (Å²) in [5.74, 6) is -1.80. The molecule has 6 nitrogen and oxygen atoms in total. The average molecular weight is 312 g/mol. The van der Waals surface area contributed by atoms with Gasteiger partial charge in [0.1, 0.15) is 5.60 Å². The van der Waals surface area contributed by atoms with Gasteiger partial charge in [0.2, 0.25) is 0 Å². The molecule has 2 N–H and O–H groups in total. The van der Waals surface area contributed by atoms with Gasteiger partial charge >= 0.3 is 18.4 Å². The maximum Gasteiger partial charge on any atom is 0.407 e. The van der Waals surface area contributed by atoms with Gasteiger partial charge in [0.05, 0.1) is 12.0 Å². The van der Waals surface area contributed by atoms with Crippen molar-refractivity contribution in [3.8, 4) is 0 Å². The van der Waals surface area contributed by atoms with Crippen LogP contribution in [0.3, 0.4) is 0 Å². The van der Waals surface area contributed by atoms with Crippen molar-refractivity contribution in [2.45, 2.75) is 45.0 Å². The van der Waals surface area contributed by atoms with E-state index in [0.717, 1.165) is 0 Å². The lowest BCUT2D eigenvalue weighted by Gasteiger charge is -2.37. The first kappa shape index (κ1) is 17.4. The summed E-state index contributed by atoms with van der Waals surface area (Å²) in [6.45, 7) is 4.05. The third kappa shape index (κ3) is 5.68. The van der Waals surface area contributed by atoms with E-state index in [4.69, 9.17) is 9.84 Å². The van der Waals surface area contributed by atoms with Gasteiger partial charge in [0.25, 0.3) is 0 Å². The van der Waals surface area contributed by atoms with Gasteiger partial charge in [-0.05, 0) is 27.2 Å². The van der Waals surface area contributed by atoms with Crippen LogP contribution in [0.1, 0.15) is 27.2 Å². The smallest absolute Gasteiger partial charge is 0.407 e. The molecule has 2 atom stereocenters. The Kier molecular flexibility index (Phi) is 4.95. The standard InChI is InChI=1S/C12H19F3N2O4/c1-11(2,3)21-9(18)16-8-4-7(12(13,14)15)5-17(6-8)10(19)20/h7-8H,4-6H2,1-3H3,(H,16,18)(H,19,20)/t7-,8+/m0/s1. The normalized spacial score (nSPS) is 23.6. The lowest BCUT2D eigenvalue weighted by molar-refractivity contribution is -0.186. The molecule has 0 bridgehead atoms. The summed E-state index contributed by atoms with van der Waals surface area (Å²) < 4.78 is 43.3. The number of piperidine rings is 1. The first-order valence-electron chi connectivity index (χ1n) is 6.42. The summed E-state index contributed by atoms with van der Waals surface area (Å²) in [6.07, 6.45) is -7.19. The highest BCUT2D eigenvalue weighted by Crippen LogP contribution is 2.33. The Labute approximate surface area is 120 Å². The zero-order valence-corrected chi connectivity index (χ0v) is 12.0. The number of alkyl halides is 3. The van der Waals surface area contributed by atoms with E-state index in [1.54, 1.807) is 20.8 Å². The second-order valence-corrected chi connectivity index (χ2v) is 6.00. The van der Waals surface area contributed by atoms with Gasteiger partial charge in [-0.2, -0.15) is 13.2 Å². The molecule has 0 saturated carbocycles. The van der Waals surface area contributed by atoms with Crippen LogP contribution >= 0.6 is 0 Å². The van der Waals surface area contributed by atoms with E-state index in [9.17, 15) is 22.8 Å². The Balaban J connectivity index is 2.72. The zero-order valence-electron chi connectivity index (χ0n) is 12.0. The van der Waals surface area contributed by atoms with Crippen molar-refractivity contribution in [1.82, 2.24) is 10.2 Å². The molecule has 122 valence electrons. The number of amides is 2. The Bertz CT molecular complexity index is 406. The molecule has 0 aromatic carbocycles. The predicted octanol–water partition coefficient (Wildman–Crippen LogP) is 2.44. The number of nitrogens with zero attached hydrogens (tertiary/aromatic N) is 1. The van der Waals surface area contributed by atoms with Crippen LogP contribution in [-0.2, 0) is 4.74 Å². The van der Waals surface area contributed by atoms with Crippen LogP contribution in [-0.4, -0.2) is 53.1 Å². The number of ether oxygens (including phenoxy) is 1. The van der Waals surface area contributed by atoms with E-state index in [0.29, 0.717) is 4.90 Å². The highest BCUT2D eigenvalue weighted by atomic mass is 19.4. The summed E-state index contributed by atoms with van der Waals surface area (Å²) in [5.41, 5.74) is -0.783. The molecule has 1 heterocycles. The van der Waals surface area contributed by atoms with Crippen molar-refractivity contribution >= 4 is 12.2 Å². The largest absolute Gasteiger partial charge is 0.465 e. The first-order chi connectivity index (χ1) is 9.38. The van der Waals surface area contributed by atoms with E-state index < -0.39 is 42.5 Å². The fourth-order valence-corrected chi connectivity index (χ4v) is 2.07. The molecule has 0 radical (unpaired) electrons. The van der Waals surface area contributed by atoms with Crippen molar-refractivity contribution in [2.75, 3.05) is 13.1 Å². The van der Waals surface area contributed by atoms with Crippen molar-refractivity contribution < 1.29 is 32.6 Å². The topological polar surface area (TPSA) is 78.9 Å².